The molecule has 1 fully saturated rings. The molecule has 90 valence electrons. The number of hydrogen-bond acceptors (Lipinski definition) is 2. The number of thiophene rings is 1. The summed E-state index contributed by atoms with van der Waals surface area (Å²) in [6, 6.07) is 2.09. The Balaban J connectivity index is 2.10. The SMILES string of the molecule is Cc1sc(Br)cc1C(O)C1CCCCCC1. The Kier molecular flexibility index (Phi) is 4.45. The van der Waals surface area contributed by atoms with E-state index in [1.807, 2.05) is 0 Å². The van der Waals surface area contributed by atoms with Gasteiger partial charge in [0.25, 0.3) is 0 Å². The van der Waals surface area contributed by atoms with Crippen LogP contribution >= 0.6 is 27.3 Å². The minimum Gasteiger partial charge on any atom is -0.388 e. The molecule has 1 atom stereocenters. The van der Waals surface area contributed by atoms with Gasteiger partial charge in [0.05, 0.1) is 9.89 Å². The lowest BCUT2D eigenvalue weighted by Gasteiger charge is -2.21. The Bertz CT molecular complexity index is 340. The molecule has 1 saturated carbocycles. The Morgan fingerprint density at radius 2 is 1.94 bits per heavy atom. The summed E-state index contributed by atoms with van der Waals surface area (Å²) < 4.78 is 1.13. The Morgan fingerprint density at radius 3 is 2.44 bits per heavy atom. The maximum absolute atomic E-state index is 10.5. The highest BCUT2D eigenvalue weighted by molar-refractivity contribution is 9.11. The van der Waals surface area contributed by atoms with Gasteiger partial charge < -0.3 is 5.11 Å². The summed E-state index contributed by atoms with van der Waals surface area (Å²) in [7, 11) is 0. The van der Waals surface area contributed by atoms with Crippen molar-refractivity contribution in [3.63, 3.8) is 0 Å². The van der Waals surface area contributed by atoms with Crippen LogP contribution in [0.3, 0.4) is 0 Å². The molecule has 1 aromatic rings. The van der Waals surface area contributed by atoms with Crippen molar-refractivity contribution < 1.29 is 5.11 Å². The molecule has 16 heavy (non-hydrogen) atoms. The van der Waals surface area contributed by atoms with E-state index in [-0.39, 0.29) is 6.10 Å². The summed E-state index contributed by atoms with van der Waals surface area (Å²) in [5.74, 6) is 0.475. The highest BCUT2D eigenvalue weighted by atomic mass is 79.9. The lowest BCUT2D eigenvalue weighted by Crippen LogP contribution is -2.12. The van der Waals surface area contributed by atoms with Crippen molar-refractivity contribution >= 4 is 27.3 Å². The van der Waals surface area contributed by atoms with Crippen LogP contribution in [0.25, 0.3) is 0 Å². The summed E-state index contributed by atoms with van der Waals surface area (Å²) >= 11 is 5.22. The fourth-order valence-corrected chi connectivity index (χ4v) is 4.38. The molecule has 1 N–H and O–H groups in total. The van der Waals surface area contributed by atoms with Crippen molar-refractivity contribution in [2.75, 3.05) is 0 Å². The summed E-state index contributed by atoms with van der Waals surface area (Å²) in [6.07, 6.45) is 7.38. The van der Waals surface area contributed by atoms with Gasteiger partial charge in [-0.15, -0.1) is 11.3 Å². The third kappa shape index (κ3) is 2.88. The summed E-state index contributed by atoms with van der Waals surface area (Å²) in [5, 5.41) is 10.5. The second kappa shape index (κ2) is 5.65. The van der Waals surface area contributed by atoms with Gasteiger partial charge in [0, 0.05) is 4.88 Å². The maximum atomic E-state index is 10.5. The highest BCUT2D eigenvalue weighted by Crippen LogP contribution is 2.38. The molecule has 1 aliphatic rings. The van der Waals surface area contributed by atoms with Crippen LogP contribution in [0.1, 0.15) is 55.1 Å². The fraction of sp³-hybridized carbons (Fsp3) is 0.692. The summed E-state index contributed by atoms with van der Waals surface area (Å²) in [6.45, 7) is 2.10. The molecule has 3 heteroatoms. The molecular weight excluding hydrogens is 284 g/mol. The predicted molar refractivity (Wildman–Crippen MR) is 72.9 cm³/mol. The van der Waals surface area contributed by atoms with Gasteiger partial charge in [0.15, 0.2) is 0 Å². The van der Waals surface area contributed by atoms with Crippen LogP contribution in [-0.2, 0) is 0 Å². The number of aliphatic hydroxyl groups is 1. The first-order valence-electron chi connectivity index (χ1n) is 6.12. The van der Waals surface area contributed by atoms with Gasteiger partial charge in [-0.05, 0) is 53.2 Å². The Morgan fingerprint density at radius 1 is 1.31 bits per heavy atom. The number of aryl methyl sites for hydroxylation is 1. The molecule has 0 aliphatic heterocycles. The number of aliphatic hydroxyl groups excluding tert-OH is 1. The molecular formula is C13H19BrOS. The lowest BCUT2D eigenvalue weighted by atomic mass is 9.90. The molecule has 0 amide bonds. The molecule has 1 aliphatic carbocycles. The van der Waals surface area contributed by atoms with Crippen molar-refractivity contribution in [2.24, 2.45) is 5.92 Å². The van der Waals surface area contributed by atoms with E-state index < -0.39 is 0 Å². The topological polar surface area (TPSA) is 20.2 Å². The quantitative estimate of drug-likeness (QED) is 0.776. The fourth-order valence-electron chi connectivity index (χ4n) is 2.63. The van der Waals surface area contributed by atoms with Gasteiger partial charge in [-0.1, -0.05) is 25.7 Å². The molecule has 1 nitrogen and oxygen atoms in total. The van der Waals surface area contributed by atoms with E-state index in [0.29, 0.717) is 5.92 Å². The van der Waals surface area contributed by atoms with E-state index in [4.69, 9.17) is 0 Å². The van der Waals surface area contributed by atoms with Crippen molar-refractivity contribution in [2.45, 2.75) is 51.6 Å². The zero-order valence-electron chi connectivity index (χ0n) is 9.71. The van der Waals surface area contributed by atoms with Crippen molar-refractivity contribution in [1.82, 2.24) is 0 Å². The molecule has 1 unspecified atom stereocenters. The van der Waals surface area contributed by atoms with Crippen molar-refractivity contribution in [1.29, 1.82) is 0 Å². The van der Waals surface area contributed by atoms with Crippen LogP contribution in [0.4, 0.5) is 0 Å². The first-order valence-corrected chi connectivity index (χ1v) is 7.73. The highest BCUT2D eigenvalue weighted by Gasteiger charge is 2.24. The number of halogens is 1. The van der Waals surface area contributed by atoms with E-state index >= 15 is 0 Å². The first kappa shape index (κ1) is 12.6. The minimum atomic E-state index is -0.249. The summed E-state index contributed by atoms with van der Waals surface area (Å²) in [5.41, 5.74) is 1.14. The number of hydrogen-bond donors (Lipinski definition) is 1. The molecule has 0 bridgehead atoms. The van der Waals surface area contributed by atoms with E-state index in [1.165, 1.54) is 43.4 Å². The van der Waals surface area contributed by atoms with E-state index in [2.05, 4.69) is 28.9 Å². The van der Waals surface area contributed by atoms with Crippen molar-refractivity contribution in [3.8, 4) is 0 Å². The van der Waals surface area contributed by atoms with Crippen LogP contribution in [0, 0.1) is 12.8 Å². The summed E-state index contributed by atoms with van der Waals surface area (Å²) in [4.78, 5) is 1.25. The number of rotatable bonds is 2. The monoisotopic (exact) mass is 302 g/mol. The van der Waals surface area contributed by atoms with Crippen LogP contribution in [0.2, 0.25) is 0 Å². The normalized spacial score (nSPS) is 20.7. The molecule has 0 saturated heterocycles. The van der Waals surface area contributed by atoms with E-state index in [9.17, 15) is 5.11 Å². The smallest absolute Gasteiger partial charge is 0.0829 e. The Labute approximate surface area is 110 Å². The third-order valence-corrected chi connectivity index (χ3v) is 5.16. The van der Waals surface area contributed by atoms with Crippen LogP contribution in [-0.4, -0.2) is 5.11 Å². The molecule has 0 aromatic carbocycles. The van der Waals surface area contributed by atoms with Crippen LogP contribution in [0.5, 0.6) is 0 Å². The lowest BCUT2D eigenvalue weighted by molar-refractivity contribution is 0.0986. The largest absolute Gasteiger partial charge is 0.388 e. The average Bonchev–Trinajstić information content (AvgIpc) is 2.49. The minimum absolute atomic E-state index is 0.249. The Hall–Kier alpha value is 0.140. The molecule has 0 radical (unpaired) electrons. The van der Waals surface area contributed by atoms with Gasteiger partial charge >= 0.3 is 0 Å². The maximum Gasteiger partial charge on any atom is 0.0829 e. The first-order chi connectivity index (χ1) is 7.68. The predicted octanol–water partition coefficient (Wildman–Crippen LogP) is 4.82. The van der Waals surface area contributed by atoms with Gasteiger partial charge in [-0.2, -0.15) is 0 Å². The molecule has 0 spiro atoms. The zero-order chi connectivity index (χ0) is 11.5. The zero-order valence-corrected chi connectivity index (χ0v) is 12.1. The van der Waals surface area contributed by atoms with Crippen LogP contribution in [0.15, 0.2) is 9.85 Å². The molecule has 2 rings (SSSR count). The van der Waals surface area contributed by atoms with Gasteiger partial charge in [0.2, 0.25) is 0 Å². The molecule has 1 heterocycles. The third-order valence-electron chi connectivity index (χ3n) is 3.59. The van der Waals surface area contributed by atoms with Gasteiger partial charge in [-0.3, -0.25) is 0 Å². The molecule has 1 aromatic heterocycles. The second-order valence-corrected chi connectivity index (χ2v) is 7.39. The van der Waals surface area contributed by atoms with E-state index in [0.717, 1.165) is 9.35 Å². The standard InChI is InChI=1S/C13H19BrOS/c1-9-11(8-12(14)16-9)13(15)10-6-4-2-3-5-7-10/h8,10,13,15H,2-7H2,1H3. The van der Waals surface area contributed by atoms with Gasteiger partial charge in [0.1, 0.15) is 0 Å². The van der Waals surface area contributed by atoms with E-state index in [1.54, 1.807) is 11.3 Å². The van der Waals surface area contributed by atoms with Gasteiger partial charge in [-0.25, -0.2) is 0 Å². The van der Waals surface area contributed by atoms with Crippen molar-refractivity contribution in [3.05, 3.63) is 20.3 Å². The second-order valence-electron chi connectivity index (χ2n) is 4.76. The van der Waals surface area contributed by atoms with Crippen LogP contribution < -0.4 is 0 Å². The average molecular weight is 303 g/mol.